The molecule has 1 atom stereocenters. The summed E-state index contributed by atoms with van der Waals surface area (Å²) in [4.78, 5) is 2.01. The van der Waals surface area contributed by atoms with Crippen LogP contribution in [-0.4, -0.2) is 31.6 Å². The Hall–Kier alpha value is -1.43. The van der Waals surface area contributed by atoms with E-state index >= 15 is 0 Å². The van der Waals surface area contributed by atoms with Gasteiger partial charge in [0.2, 0.25) is 0 Å². The van der Waals surface area contributed by atoms with E-state index in [1.165, 1.54) is 6.07 Å². The van der Waals surface area contributed by atoms with Gasteiger partial charge >= 0.3 is 6.18 Å². The molecule has 18 heavy (non-hydrogen) atoms. The fourth-order valence-corrected chi connectivity index (χ4v) is 1.34. The molecule has 0 radical (unpaired) electrons. The average molecular weight is 261 g/mol. The number of halogens is 3. The number of benzene rings is 1. The smallest absolute Gasteiger partial charge is 0.397 e. The number of nitrogens with one attached hydrogen (secondary N) is 1. The molecule has 6 heteroatoms. The third-order valence-corrected chi connectivity index (χ3v) is 2.85. The zero-order valence-electron chi connectivity index (χ0n) is 10.7. The third kappa shape index (κ3) is 3.80. The minimum absolute atomic E-state index is 0.107. The molecule has 1 aromatic carbocycles. The van der Waals surface area contributed by atoms with E-state index in [9.17, 15) is 13.2 Å². The van der Waals surface area contributed by atoms with Crippen molar-refractivity contribution in [1.29, 1.82) is 0 Å². The molecule has 0 aliphatic heterocycles. The van der Waals surface area contributed by atoms with Crippen LogP contribution in [0, 0.1) is 0 Å². The molecule has 0 aliphatic carbocycles. The number of nitrogens with zero attached hydrogens (tertiary/aromatic N) is 1. The number of hydrogen-bond acceptors (Lipinski definition) is 3. The highest BCUT2D eigenvalue weighted by molar-refractivity contribution is 5.67. The van der Waals surface area contributed by atoms with Gasteiger partial charge in [-0.05, 0) is 39.2 Å². The van der Waals surface area contributed by atoms with Gasteiger partial charge in [0.15, 0.2) is 0 Å². The van der Waals surface area contributed by atoms with Gasteiger partial charge in [0.05, 0.1) is 16.9 Å². The topological polar surface area (TPSA) is 41.3 Å². The van der Waals surface area contributed by atoms with Crippen molar-refractivity contribution < 1.29 is 13.2 Å². The number of hydrogen-bond donors (Lipinski definition) is 2. The molecule has 0 saturated carbocycles. The van der Waals surface area contributed by atoms with Crippen molar-refractivity contribution in [2.24, 2.45) is 0 Å². The van der Waals surface area contributed by atoms with Crippen LogP contribution in [0.5, 0.6) is 0 Å². The van der Waals surface area contributed by atoms with E-state index in [1.54, 1.807) is 0 Å². The Morgan fingerprint density at radius 2 is 1.94 bits per heavy atom. The van der Waals surface area contributed by atoms with Gasteiger partial charge in [-0.2, -0.15) is 13.2 Å². The van der Waals surface area contributed by atoms with Crippen molar-refractivity contribution in [3.63, 3.8) is 0 Å². The maximum Gasteiger partial charge on any atom is 0.416 e. The van der Waals surface area contributed by atoms with Crippen molar-refractivity contribution in [2.75, 3.05) is 31.7 Å². The standard InChI is InChI=1S/C12H18F3N3/c1-8(18(2)3)7-17-11-5-4-9(6-10(11)16)12(13,14)15/h4-6,8,17H,7,16H2,1-3H3. The second-order valence-corrected chi connectivity index (χ2v) is 4.49. The largest absolute Gasteiger partial charge is 0.416 e. The van der Waals surface area contributed by atoms with Gasteiger partial charge in [0, 0.05) is 12.6 Å². The normalized spacial score (nSPS) is 13.7. The van der Waals surface area contributed by atoms with Gasteiger partial charge in [-0.25, -0.2) is 0 Å². The number of anilines is 2. The lowest BCUT2D eigenvalue weighted by Gasteiger charge is -2.21. The summed E-state index contributed by atoms with van der Waals surface area (Å²) in [5, 5.41) is 3.04. The Kier molecular flexibility index (Phi) is 4.45. The Bertz CT molecular complexity index is 402. The molecular formula is C12H18F3N3. The highest BCUT2D eigenvalue weighted by atomic mass is 19.4. The fourth-order valence-electron chi connectivity index (χ4n) is 1.34. The van der Waals surface area contributed by atoms with E-state index in [2.05, 4.69) is 5.32 Å². The van der Waals surface area contributed by atoms with Crippen LogP contribution in [0.3, 0.4) is 0 Å². The second kappa shape index (κ2) is 5.48. The highest BCUT2D eigenvalue weighted by Crippen LogP contribution is 2.32. The van der Waals surface area contributed by atoms with Crippen molar-refractivity contribution in [3.05, 3.63) is 23.8 Å². The van der Waals surface area contributed by atoms with Crippen molar-refractivity contribution in [3.8, 4) is 0 Å². The summed E-state index contributed by atoms with van der Waals surface area (Å²) in [5.74, 6) is 0. The molecule has 102 valence electrons. The molecule has 0 aliphatic rings. The first-order valence-corrected chi connectivity index (χ1v) is 5.59. The first-order valence-electron chi connectivity index (χ1n) is 5.59. The molecule has 3 N–H and O–H groups in total. The molecule has 1 rings (SSSR count). The fraction of sp³-hybridized carbons (Fsp3) is 0.500. The quantitative estimate of drug-likeness (QED) is 0.819. The molecule has 1 aromatic rings. The van der Waals surface area contributed by atoms with E-state index in [-0.39, 0.29) is 11.7 Å². The van der Waals surface area contributed by atoms with Crippen LogP contribution in [0.15, 0.2) is 18.2 Å². The maximum atomic E-state index is 12.4. The molecule has 0 heterocycles. The summed E-state index contributed by atoms with van der Waals surface area (Å²) >= 11 is 0. The van der Waals surface area contributed by atoms with Crippen LogP contribution in [-0.2, 0) is 6.18 Å². The molecule has 3 nitrogen and oxygen atoms in total. The molecule has 0 saturated heterocycles. The lowest BCUT2D eigenvalue weighted by molar-refractivity contribution is -0.137. The van der Waals surface area contributed by atoms with Crippen molar-refractivity contribution in [1.82, 2.24) is 4.90 Å². The average Bonchev–Trinajstić information content (AvgIpc) is 2.25. The summed E-state index contributed by atoms with van der Waals surface area (Å²) < 4.78 is 37.3. The molecule has 0 aromatic heterocycles. The summed E-state index contributed by atoms with van der Waals surface area (Å²) in [6.07, 6.45) is -4.36. The molecule has 0 amide bonds. The summed E-state index contributed by atoms with van der Waals surface area (Å²) in [7, 11) is 3.87. The molecule has 1 unspecified atom stereocenters. The molecular weight excluding hydrogens is 243 g/mol. The first kappa shape index (κ1) is 14.6. The Balaban J connectivity index is 2.75. The van der Waals surface area contributed by atoms with Crippen LogP contribution < -0.4 is 11.1 Å². The first-order chi connectivity index (χ1) is 8.21. The minimum Gasteiger partial charge on any atom is -0.397 e. The van der Waals surface area contributed by atoms with Crippen molar-refractivity contribution in [2.45, 2.75) is 19.1 Å². The number of rotatable bonds is 4. The molecule has 0 fully saturated rings. The highest BCUT2D eigenvalue weighted by Gasteiger charge is 2.30. The van der Waals surface area contributed by atoms with Crippen LogP contribution in [0.2, 0.25) is 0 Å². The van der Waals surface area contributed by atoms with Gasteiger partial charge in [-0.1, -0.05) is 0 Å². The van der Waals surface area contributed by atoms with E-state index in [0.29, 0.717) is 12.2 Å². The summed E-state index contributed by atoms with van der Waals surface area (Å²) in [6.45, 7) is 2.62. The van der Waals surface area contributed by atoms with E-state index in [1.807, 2.05) is 25.9 Å². The summed E-state index contributed by atoms with van der Waals surface area (Å²) in [5.41, 5.74) is 5.51. The SMILES string of the molecule is CC(CNc1ccc(C(F)(F)F)cc1N)N(C)C. The predicted molar refractivity (Wildman–Crippen MR) is 67.5 cm³/mol. The van der Waals surface area contributed by atoms with E-state index in [4.69, 9.17) is 5.73 Å². The predicted octanol–water partition coefficient (Wildman–Crippen LogP) is 2.65. The van der Waals surface area contributed by atoms with Crippen LogP contribution in [0.25, 0.3) is 0 Å². The monoisotopic (exact) mass is 261 g/mol. The summed E-state index contributed by atoms with van der Waals surface area (Å²) in [6, 6.07) is 3.59. The van der Waals surface area contributed by atoms with Gasteiger partial charge in [0.25, 0.3) is 0 Å². The number of nitrogens with two attached hydrogens (primary N) is 1. The lowest BCUT2D eigenvalue weighted by atomic mass is 10.1. The van der Waals surface area contributed by atoms with Crippen LogP contribution >= 0.6 is 0 Å². The van der Waals surface area contributed by atoms with Gasteiger partial charge in [0.1, 0.15) is 0 Å². The zero-order valence-corrected chi connectivity index (χ0v) is 10.7. The Labute approximate surface area is 105 Å². The number of likely N-dealkylation sites (N-methyl/N-ethyl adjacent to an activating group) is 1. The number of nitrogen functional groups attached to an aromatic ring is 1. The van der Waals surface area contributed by atoms with Gasteiger partial charge < -0.3 is 16.0 Å². The number of alkyl halides is 3. The van der Waals surface area contributed by atoms with Crippen LogP contribution in [0.4, 0.5) is 24.5 Å². The van der Waals surface area contributed by atoms with Gasteiger partial charge in [-0.15, -0.1) is 0 Å². The second-order valence-electron chi connectivity index (χ2n) is 4.49. The van der Waals surface area contributed by atoms with E-state index in [0.717, 1.165) is 12.1 Å². The van der Waals surface area contributed by atoms with E-state index < -0.39 is 11.7 Å². The molecule has 0 bridgehead atoms. The van der Waals surface area contributed by atoms with Crippen LogP contribution in [0.1, 0.15) is 12.5 Å². The lowest BCUT2D eigenvalue weighted by Crippen LogP contribution is -2.31. The van der Waals surface area contributed by atoms with Crippen molar-refractivity contribution >= 4 is 11.4 Å². The Morgan fingerprint density at radius 3 is 2.39 bits per heavy atom. The van der Waals surface area contributed by atoms with Gasteiger partial charge in [-0.3, -0.25) is 0 Å². The minimum atomic E-state index is -4.36. The maximum absolute atomic E-state index is 12.4. The zero-order chi connectivity index (χ0) is 13.9. The Morgan fingerprint density at radius 1 is 1.33 bits per heavy atom. The molecule has 0 spiro atoms. The third-order valence-electron chi connectivity index (χ3n) is 2.85.